The number of esters is 1. The van der Waals surface area contributed by atoms with Crippen molar-refractivity contribution in [3.8, 4) is 0 Å². The summed E-state index contributed by atoms with van der Waals surface area (Å²) in [6, 6.07) is 4.50. The molecule has 1 aromatic carbocycles. The van der Waals surface area contributed by atoms with Gasteiger partial charge in [-0.3, -0.25) is 0 Å². The third-order valence-corrected chi connectivity index (χ3v) is 2.34. The van der Waals surface area contributed by atoms with Crippen LogP contribution >= 0.6 is 0 Å². The van der Waals surface area contributed by atoms with E-state index in [0.29, 0.717) is 5.56 Å². The number of ether oxygens (including phenoxy) is 1. The van der Waals surface area contributed by atoms with Gasteiger partial charge in [0.2, 0.25) is 0 Å². The molecule has 18 heavy (non-hydrogen) atoms. The maximum absolute atomic E-state index is 12.3. The van der Waals surface area contributed by atoms with Crippen LogP contribution in [0.1, 0.15) is 31.1 Å². The maximum Gasteiger partial charge on any atom is 0.416 e. The first-order chi connectivity index (χ1) is 8.21. The van der Waals surface area contributed by atoms with Gasteiger partial charge in [0.25, 0.3) is 0 Å². The van der Waals surface area contributed by atoms with E-state index in [1.165, 1.54) is 19.1 Å². The predicted octanol–water partition coefficient (Wildman–Crippen LogP) is 3.89. The Morgan fingerprint density at radius 1 is 1.28 bits per heavy atom. The van der Waals surface area contributed by atoms with Crippen molar-refractivity contribution in [2.45, 2.75) is 26.1 Å². The average Bonchev–Trinajstić information content (AvgIpc) is 2.27. The highest BCUT2D eigenvalue weighted by Crippen LogP contribution is 2.30. The maximum atomic E-state index is 12.3. The normalized spacial score (nSPS) is 12.9. The van der Waals surface area contributed by atoms with Crippen LogP contribution in [0.4, 0.5) is 13.2 Å². The van der Waals surface area contributed by atoms with Crippen LogP contribution in [0.15, 0.2) is 36.4 Å². The first kappa shape index (κ1) is 14.3. The Morgan fingerprint density at radius 2 is 1.78 bits per heavy atom. The third-order valence-electron chi connectivity index (χ3n) is 2.34. The molecule has 1 rings (SSSR count). The molecule has 0 radical (unpaired) electrons. The van der Waals surface area contributed by atoms with Crippen LogP contribution in [0, 0.1) is 0 Å². The van der Waals surface area contributed by atoms with E-state index in [2.05, 4.69) is 6.58 Å². The number of hydrogen-bond acceptors (Lipinski definition) is 2. The molecule has 0 aliphatic rings. The van der Waals surface area contributed by atoms with Crippen molar-refractivity contribution in [2.24, 2.45) is 0 Å². The molecule has 0 N–H and O–H groups in total. The fourth-order valence-corrected chi connectivity index (χ4v) is 1.27. The molecular formula is C13H13F3O2. The fourth-order valence-electron chi connectivity index (χ4n) is 1.27. The van der Waals surface area contributed by atoms with Crippen LogP contribution in [0.25, 0.3) is 0 Å². The average molecular weight is 258 g/mol. The largest absolute Gasteiger partial charge is 0.454 e. The van der Waals surface area contributed by atoms with Crippen LogP contribution in [0.3, 0.4) is 0 Å². The Balaban J connectivity index is 2.79. The van der Waals surface area contributed by atoms with E-state index in [-0.39, 0.29) is 5.57 Å². The quantitative estimate of drug-likeness (QED) is 0.607. The summed E-state index contributed by atoms with van der Waals surface area (Å²) >= 11 is 0. The topological polar surface area (TPSA) is 26.3 Å². The van der Waals surface area contributed by atoms with Gasteiger partial charge in [0.1, 0.15) is 6.10 Å². The van der Waals surface area contributed by atoms with Crippen molar-refractivity contribution in [1.29, 1.82) is 0 Å². The molecule has 1 atom stereocenters. The van der Waals surface area contributed by atoms with E-state index in [1.807, 2.05) is 0 Å². The molecule has 2 nitrogen and oxygen atoms in total. The van der Waals surface area contributed by atoms with Crippen LogP contribution in [0.2, 0.25) is 0 Å². The van der Waals surface area contributed by atoms with Gasteiger partial charge in [-0.05, 0) is 31.5 Å². The van der Waals surface area contributed by atoms with E-state index in [1.54, 1.807) is 6.92 Å². The molecule has 0 heterocycles. The molecule has 0 aromatic heterocycles. The van der Waals surface area contributed by atoms with Gasteiger partial charge in [-0.25, -0.2) is 4.79 Å². The molecule has 98 valence electrons. The van der Waals surface area contributed by atoms with Crippen molar-refractivity contribution in [3.05, 3.63) is 47.5 Å². The lowest BCUT2D eigenvalue weighted by molar-refractivity contribution is -0.144. The summed E-state index contributed by atoms with van der Waals surface area (Å²) in [5.41, 5.74) is 0.0102. The van der Waals surface area contributed by atoms with Gasteiger partial charge in [0, 0.05) is 5.57 Å². The number of benzene rings is 1. The number of rotatable bonds is 3. The Morgan fingerprint density at radius 3 is 2.17 bits per heavy atom. The van der Waals surface area contributed by atoms with E-state index in [9.17, 15) is 18.0 Å². The van der Waals surface area contributed by atoms with E-state index < -0.39 is 23.8 Å². The van der Waals surface area contributed by atoms with Gasteiger partial charge < -0.3 is 4.74 Å². The lowest BCUT2D eigenvalue weighted by atomic mass is 10.1. The minimum Gasteiger partial charge on any atom is -0.454 e. The summed E-state index contributed by atoms with van der Waals surface area (Å²) in [5, 5.41) is 0. The molecule has 0 saturated carbocycles. The van der Waals surface area contributed by atoms with Crippen LogP contribution in [0.5, 0.6) is 0 Å². The lowest BCUT2D eigenvalue weighted by Gasteiger charge is -2.14. The second kappa shape index (κ2) is 5.25. The van der Waals surface area contributed by atoms with Gasteiger partial charge in [-0.15, -0.1) is 0 Å². The molecule has 1 unspecified atom stereocenters. The van der Waals surface area contributed by atoms with Crippen molar-refractivity contribution >= 4 is 5.97 Å². The minimum absolute atomic E-state index is 0.244. The molecule has 5 heteroatoms. The number of alkyl halides is 3. The molecular weight excluding hydrogens is 245 g/mol. The zero-order valence-corrected chi connectivity index (χ0v) is 10.0. The van der Waals surface area contributed by atoms with Crippen LogP contribution in [-0.2, 0) is 15.7 Å². The molecule has 0 spiro atoms. The highest BCUT2D eigenvalue weighted by atomic mass is 19.4. The van der Waals surface area contributed by atoms with Crippen molar-refractivity contribution in [2.75, 3.05) is 0 Å². The Kier molecular flexibility index (Phi) is 4.16. The number of halogens is 3. The first-order valence-corrected chi connectivity index (χ1v) is 5.25. The highest BCUT2D eigenvalue weighted by Gasteiger charge is 2.30. The zero-order valence-electron chi connectivity index (χ0n) is 10.0. The third kappa shape index (κ3) is 3.61. The molecule has 0 aliphatic heterocycles. The molecule has 1 aromatic rings. The summed E-state index contributed by atoms with van der Waals surface area (Å²) in [7, 11) is 0. The smallest absolute Gasteiger partial charge is 0.416 e. The standard InChI is InChI=1S/C13H13F3O2/c1-8(2)12(17)18-9(3)10-4-6-11(7-5-10)13(14,15)16/h4-7,9H,1H2,2-3H3. The molecule has 0 saturated heterocycles. The fraction of sp³-hybridized carbons (Fsp3) is 0.308. The van der Waals surface area contributed by atoms with Gasteiger partial charge >= 0.3 is 12.1 Å². The van der Waals surface area contributed by atoms with Crippen molar-refractivity contribution < 1.29 is 22.7 Å². The van der Waals surface area contributed by atoms with E-state index >= 15 is 0 Å². The summed E-state index contributed by atoms with van der Waals surface area (Å²) in [6.07, 6.45) is -4.98. The molecule has 0 fully saturated rings. The van der Waals surface area contributed by atoms with Crippen LogP contribution in [-0.4, -0.2) is 5.97 Å². The highest BCUT2D eigenvalue weighted by molar-refractivity contribution is 5.87. The molecule has 0 amide bonds. The summed E-state index contributed by atoms with van der Waals surface area (Å²) in [5.74, 6) is -0.567. The minimum atomic E-state index is -4.36. The Bertz CT molecular complexity index is 446. The first-order valence-electron chi connectivity index (χ1n) is 5.25. The number of hydrogen-bond donors (Lipinski definition) is 0. The van der Waals surface area contributed by atoms with Gasteiger partial charge in [-0.1, -0.05) is 18.7 Å². The van der Waals surface area contributed by atoms with E-state index in [4.69, 9.17) is 4.74 Å². The second-order valence-corrected chi connectivity index (χ2v) is 3.95. The molecule has 0 aliphatic carbocycles. The zero-order chi connectivity index (χ0) is 13.9. The summed E-state index contributed by atoms with van der Waals surface area (Å²) in [6.45, 7) is 6.51. The number of carbonyl (C=O) groups excluding carboxylic acids is 1. The van der Waals surface area contributed by atoms with Crippen molar-refractivity contribution in [1.82, 2.24) is 0 Å². The second-order valence-electron chi connectivity index (χ2n) is 3.95. The van der Waals surface area contributed by atoms with Crippen molar-refractivity contribution in [3.63, 3.8) is 0 Å². The number of carbonyl (C=O) groups is 1. The predicted molar refractivity (Wildman–Crippen MR) is 60.8 cm³/mol. The monoisotopic (exact) mass is 258 g/mol. The molecule has 0 bridgehead atoms. The Hall–Kier alpha value is -1.78. The van der Waals surface area contributed by atoms with Gasteiger partial charge in [0.05, 0.1) is 5.56 Å². The van der Waals surface area contributed by atoms with Gasteiger partial charge in [0.15, 0.2) is 0 Å². The summed E-state index contributed by atoms with van der Waals surface area (Å²) in [4.78, 5) is 11.3. The van der Waals surface area contributed by atoms with Gasteiger partial charge in [-0.2, -0.15) is 13.2 Å². The SMILES string of the molecule is C=C(C)C(=O)OC(C)c1ccc(C(F)(F)F)cc1. The Labute approximate surface area is 103 Å². The van der Waals surface area contributed by atoms with E-state index in [0.717, 1.165) is 12.1 Å². The van der Waals surface area contributed by atoms with Crippen LogP contribution < -0.4 is 0 Å². The lowest BCUT2D eigenvalue weighted by Crippen LogP contribution is -2.10. The summed E-state index contributed by atoms with van der Waals surface area (Å²) < 4.78 is 42.0.